The molecule has 4 heteroatoms. The van der Waals surface area contributed by atoms with Gasteiger partial charge in [-0.05, 0) is 25.2 Å². The average molecular weight is 237 g/mol. The third-order valence-electron chi connectivity index (χ3n) is 4.08. The van der Waals surface area contributed by atoms with E-state index in [1.807, 2.05) is 11.3 Å². The van der Waals surface area contributed by atoms with E-state index in [0.29, 0.717) is 6.04 Å². The Kier molecular flexibility index (Phi) is 2.64. The van der Waals surface area contributed by atoms with Crippen LogP contribution < -0.4 is 10.2 Å². The highest BCUT2D eigenvalue weighted by Gasteiger charge is 2.42. The van der Waals surface area contributed by atoms with Crippen molar-refractivity contribution >= 4 is 16.5 Å². The largest absolute Gasteiger partial charge is 0.345 e. The fraction of sp³-hybridized carbons (Fsp3) is 0.750. The molecule has 3 heterocycles. The van der Waals surface area contributed by atoms with Gasteiger partial charge in [-0.3, -0.25) is 0 Å². The number of rotatable bonds is 2. The summed E-state index contributed by atoms with van der Waals surface area (Å²) in [6.07, 6.45) is 1.05. The quantitative estimate of drug-likeness (QED) is 0.849. The van der Waals surface area contributed by atoms with Gasteiger partial charge in [0.2, 0.25) is 0 Å². The standard InChI is InChI=1S/C12H19N3S/c1-3-10-7-16-12(14-10)15-6-9-4-13-5-11(9)8(15)2/h7-9,11,13H,3-6H2,1-2H3. The zero-order valence-electron chi connectivity index (χ0n) is 9.94. The maximum Gasteiger partial charge on any atom is 0.185 e. The Labute approximate surface area is 101 Å². The lowest BCUT2D eigenvalue weighted by Gasteiger charge is -2.23. The smallest absolute Gasteiger partial charge is 0.185 e. The minimum Gasteiger partial charge on any atom is -0.345 e. The highest BCUT2D eigenvalue weighted by Crippen LogP contribution is 2.36. The van der Waals surface area contributed by atoms with Crippen molar-refractivity contribution in [1.82, 2.24) is 10.3 Å². The molecule has 2 fully saturated rings. The summed E-state index contributed by atoms with van der Waals surface area (Å²) in [5.41, 5.74) is 1.24. The van der Waals surface area contributed by atoms with Crippen LogP contribution in [0, 0.1) is 11.8 Å². The monoisotopic (exact) mass is 237 g/mol. The van der Waals surface area contributed by atoms with E-state index in [1.54, 1.807) is 0 Å². The zero-order valence-corrected chi connectivity index (χ0v) is 10.8. The molecular formula is C12H19N3S. The fourth-order valence-electron chi connectivity index (χ4n) is 3.01. The van der Waals surface area contributed by atoms with Gasteiger partial charge < -0.3 is 10.2 Å². The molecule has 3 nitrogen and oxygen atoms in total. The first-order chi connectivity index (χ1) is 7.79. The molecule has 0 spiro atoms. The van der Waals surface area contributed by atoms with Crippen LogP contribution in [0.15, 0.2) is 5.38 Å². The molecule has 0 bridgehead atoms. The molecule has 1 aromatic rings. The van der Waals surface area contributed by atoms with Gasteiger partial charge in [-0.25, -0.2) is 4.98 Å². The van der Waals surface area contributed by atoms with Gasteiger partial charge in [0.1, 0.15) is 0 Å². The summed E-state index contributed by atoms with van der Waals surface area (Å²) in [5.74, 6) is 1.66. The Bertz CT molecular complexity index is 376. The summed E-state index contributed by atoms with van der Waals surface area (Å²) in [7, 11) is 0. The predicted octanol–water partition coefficient (Wildman–Crippen LogP) is 1.75. The van der Waals surface area contributed by atoms with Crippen LogP contribution in [-0.2, 0) is 6.42 Å². The minimum absolute atomic E-state index is 0.649. The first-order valence-corrected chi connectivity index (χ1v) is 7.09. The Hall–Kier alpha value is -0.610. The van der Waals surface area contributed by atoms with E-state index in [-0.39, 0.29) is 0 Å². The summed E-state index contributed by atoms with van der Waals surface area (Å²) < 4.78 is 0. The molecule has 16 heavy (non-hydrogen) atoms. The van der Waals surface area contributed by atoms with Crippen LogP contribution >= 0.6 is 11.3 Å². The Balaban J connectivity index is 1.80. The van der Waals surface area contributed by atoms with Gasteiger partial charge in [0, 0.05) is 31.1 Å². The number of hydrogen-bond acceptors (Lipinski definition) is 4. The van der Waals surface area contributed by atoms with Gasteiger partial charge in [-0.2, -0.15) is 0 Å². The topological polar surface area (TPSA) is 28.2 Å². The third-order valence-corrected chi connectivity index (χ3v) is 5.01. The summed E-state index contributed by atoms with van der Waals surface area (Å²) >= 11 is 1.81. The second-order valence-electron chi connectivity index (χ2n) is 4.95. The SMILES string of the molecule is CCc1csc(N2CC3CNCC3C2C)n1. The highest BCUT2D eigenvalue weighted by molar-refractivity contribution is 7.13. The van der Waals surface area contributed by atoms with Gasteiger partial charge in [0.15, 0.2) is 5.13 Å². The first kappa shape index (κ1) is 10.5. The van der Waals surface area contributed by atoms with Gasteiger partial charge in [0.25, 0.3) is 0 Å². The van der Waals surface area contributed by atoms with Crippen molar-refractivity contribution in [3.8, 4) is 0 Å². The molecule has 2 aliphatic heterocycles. The molecule has 88 valence electrons. The molecule has 3 rings (SSSR count). The van der Waals surface area contributed by atoms with E-state index in [4.69, 9.17) is 4.98 Å². The van der Waals surface area contributed by atoms with Gasteiger partial charge >= 0.3 is 0 Å². The third kappa shape index (κ3) is 1.55. The van der Waals surface area contributed by atoms with E-state index in [1.165, 1.54) is 30.5 Å². The maximum absolute atomic E-state index is 4.71. The molecule has 1 aromatic heterocycles. The highest BCUT2D eigenvalue weighted by atomic mass is 32.1. The van der Waals surface area contributed by atoms with Crippen LogP contribution in [0.25, 0.3) is 0 Å². The average Bonchev–Trinajstić information content (AvgIpc) is 2.96. The molecule has 0 saturated carbocycles. The second kappa shape index (κ2) is 4.00. The number of aryl methyl sites for hydroxylation is 1. The van der Waals surface area contributed by atoms with Gasteiger partial charge in [0.05, 0.1) is 5.69 Å². The molecule has 0 amide bonds. The van der Waals surface area contributed by atoms with E-state index in [9.17, 15) is 0 Å². The molecule has 0 aliphatic carbocycles. The number of hydrogen-bond donors (Lipinski definition) is 1. The molecular weight excluding hydrogens is 218 g/mol. The van der Waals surface area contributed by atoms with Crippen molar-refractivity contribution in [2.45, 2.75) is 26.3 Å². The molecule has 3 unspecified atom stereocenters. The lowest BCUT2D eigenvalue weighted by atomic mass is 9.95. The molecule has 2 saturated heterocycles. The number of anilines is 1. The van der Waals surface area contributed by atoms with Crippen LogP contribution in [-0.4, -0.2) is 30.7 Å². The lowest BCUT2D eigenvalue weighted by molar-refractivity contribution is 0.471. The summed E-state index contributed by atoms with van der Waals surface area (Å²) in [6, 6.07) is 0.649. The number of nitrogens with one attached hydrogen (secondary N) is 1. The van der Waals surface area contributed by atoms with Crippen molar-refractivity contribution in [1.29, 1.82) is 0 Å². The predicted molar refractivity (Wildman–Crippen MR) is 68.1 cm³/mol. The van der Waals surface area contributed by atoms with Crippen LogP contribution in [0.4, 0.5) is 5.13 Å². The van der Waals surface area contributed by atoms with Crippen molar-refractivity contribution < 1.29 is 0 Å². The fourth-order valence-corrected chi connectivity index (χ4v) is 4.02. The Morgan fingerprint density at radius 1 is 1.56 bits per heavy atom. The number of fused-ring (bicyclic) bond motifs is 1. The van der Waals surface area contributed by atoms with Gasteiger partial charge in [-0.1, -0.05) is 6.92 Å². The lowest BCUT2D eigenvalue weighted by Crippen LogP contribution is -2.33. The Morgan fingerprint density at radius 2 is 2.44 bits per heavy atom. The van der Waals surface area contributed by atoms with Crippen molar-refractivity contribution in [3.63, 3.8) is 0 Å². The number of aromatic nitrogens is 1. The minimum atomic E-state index is 0.649. The number of nitrogens with zero attached hydrogens (tertiary/aromatic N) is 2. The molecule has 0 aromatic carbocycles. The number of thiazole rings is 1. The normalized spacial score (nSPS) is 33.4. The van der Waals surface area contributed by atoms with Crippen molar-refractivity contribution in [2.75, 3.05) is 24.5 Å². The molecule has 0 radical (unpaired) electrons. The van der Waals surface area contributed by atoms with E-state index < -0.39 is 0 Å². The summed E-state index contributed by atoms with van der Waals surface area (Å²) in [5, 5.41) is 6.94. The zero-order chi connectivity index (χ0) is 11.1. The second-order valence-corrected chi connectivity index (χ2v) is 5.79. The Morgan fingerprint density at radius 3 is 3.12 bits per heavy atom. The van der Waals surface area contributed by atoms with Crippen LogP contribution in [0.2, 0.25) is 0 Å². The van der Waals surface area contributed by atoms with E-state index >= 15 is 0 Å². The van der Waals surface area contributed by atoms with E-state index in [2.05, 4.69) is 29.4 Å². The van der Waals surface area contributed by atoms with Crippen LogP contribution in [0.1, 0.15) is 19.5 Å². The maximum atomic E-state index is 4.71. The molecule has 2 aliphatic rings. The molecule has 1 N–H and O–H groups in total. The van der Waals surface area contributed by atoms with Crippen LogP contribution in [0.5, 0.6) is 0 Å². The van der Waals surface area contributed by atoms with Gasteiger partial charge in [-0.15, -0.1) is 11.3 Å². The van der Waals surface area contributed by atoms with Crippen molar-refractivity contribution in [3.05, 3.63) is 11.1 Å². The summed E-state index contributed by atoms with van der Waals surface area (Å²) in [4.78, 5) is 7.23. The van der Waals surface area contributed by atoms with Crippen LogP contribution in [0.3, 0.4) is 0 Å². The van der Waals surface area contributed by atoms with Crippen molar-refractivity contribution in [2.24, 2.45) is 11.8 Å². The first-order valence-electron chi connectivity index (χ1n) is 6.21. The van der Waals surface area contributed by atoms with E-state index in [0.717, 1.165) is 18.3 Å². The summed E-state index contributed by atoms with van der Waals surface area (Å²) in [6.45, 7) is 8.09. The molecule has 3 atom stereocenters.